The Balaban J connectivity index is 2.30. The lowest BCUT2D eigenvalue weighted by molar-refractivity contribution is -0.116. The van der Waals surface area contributed by atoms with Gasteiger partial charge < -0.3 is 0 Å². The molecule has 2 aromatic rings. The molecular formula is C13H14F2N4O3S3. The third-order valence-corrected chi connectivity index (χ3v) is 6.11. The van der Waals surface area contributed by atoms with Crippen LogP contribution in [-0.4, -0.2) is 43.1 Å². The van der Waals surface area contributed by atoms with Crippen LogP contribution >= 0.6 is 23.1 Å². The number of hydrogen-bond acceptors (Lipinski definition) is 7. The van der Waals surface area contributed by atoms with Gasteiger partial charge in [0.25, 0.3) is 0 Å². The topological polar surface area (TPSA) is 92.3 Å². The van der Waals surface area contributed by atoms with Crippen LogP contribution < -0.4 is 9.62 Å². The van der Waals surface area contributed by atoms with Crippen molar-refractivity contribution in [3.8, 4) is 0 Å². The SMILES string of the molecule is CSc1nnc(NC(=O)C(C)N(c2ccc(F)c(F)c2)S(C)(=O)=O)s1. The molecule has 0 saturated carbocycles. The first-order valence-corrected chi connectivity index (χ1v) is 10.6. The Bertz CT molecular complexity index is 888. The molecule has 25 heavy (non-hydrogen) atoms. The van der Waals surface area contributed by atoms with Crippen LogP contribution in [0.15, 0.2) is 22.5 Å². The molecule has 1 N–H and O–H groups in total. The summed E-state index contributed by atoms with van der Waals surface area (Å²) in [5.41, 5.74) is -0.161. The molecule has 1 aromatic heterocycles. The largest absolute Gasteiger partial charge is 0.299 e. The van der Waals surface area contributed by atoms with E-state index in [0.717, 1.165) is 35.8 Å². The molecule has 1 heterocycles. The average Bonchev–Trinajstić information content (AvgIpc) is 2.97. The van der Waals surface area contributed by atoms with Gasteiger partial charge in [-0.3, -0.25) is 14.4 Å². The molecule has 136 valence electrons. The van der Waals surface area contributed by atoms with Crippen LogP contribution in [0.4, 0.5) is 19.6 Å². The second-order valence-corrected chi connectivity index (χ2v) is 8.79. The van der Waals surface area contributed by atoms with E-state index in [9.17, 15) is 22.0 Å². The summed E-state index contributed by atoms with van der Waals surface area (Å²) in [5, 5.41) is 10.3. The number of hydrogen-bond donors (Lipinski definition) is 1. The van der Waals surface area contributed by atoms with Gasteiger partial charge in [0.15, 0.2) is 16.0 Å². The Hall–Kier alpha value is -1.79. The van der Waals surface area contributed by atoms with Crippen molar-refractivity contribution < 1.29 is 22.0 Å². The van der Waals surface area contributed by atoms with Gasteiger partial charge in [-0.05, 0) is 25.3 Å². The molecule has 0 spiro atoms. The van der Waals surface area contributed by atoms with Crippen molar-refractivity contribution in [2.75, 3.05) is 22.1 Å². The molecule has 0 aliphatic carbocycles. The zero-order chi connectivity index (χ0) is 18.8. The molecule has 0 saturated heterocycles. The van der Waals surface area contributed by atoms with Crippen LogP contribution in [-0.2, 0) is 14.8 Å². The van der Waals surface area contributed by atoms with Gasteiger partial charge in [-0.1, -0.05) is 23.1 Å². The third kappa shape index (κ3) is 4.64. The number of nitrogens with one attached hydrogen (secondary N) is 1. The first-order chi connectivity index (χ1) is 11.6. The van der Waals surface area contributed by atoms with Gasteiger partial charge in [0.1, 0.15) is 6.04 Å². The fraction of sp³-hybridized carbons (Fsp3) is 0.308. The molecular weight excluding hydrogens is 394 g/mol. The molecule has 0 bridgehead atoms. The molecule has 0 fully saturated rings. The summed E-state index contributed by atoms with van der Waals surface area (Å²) < 4.78 is 52.1. The highest BCUT2D eigenvalue weighted by Crippen LogP contribution is 2.26. The van der Waals surface area contributed by atoms with E-state index in [1.54, 1.807) is 6.26 Å². The summed E-state index contributed by atoms with van der Waals surface area (Å²) in [6.07, 6.45) is 2.66. The minimum absolute atomic E-state index is 0.161. The number of carbonyl (C=O) groups is 1. The van der Waals surface area contributed by atoms with Crippen molar-refractivity contribution in [2.45, 2.75) is 17.3 Å². The van der Waals surface area contributed by atoms with Crippen molar-refractivity contribution in [1.29, 1.82) is 0 Å². The fourth-order valence-corrected chi connectivity index (χ4v) is 4.32. The number of aromatic nitrogens is 2. The summed E-state index contributed by atoms with van der Waals surface area (Å²) in [6.45, 7) is 1.33. The highest BCUT2D eigenvalue weighted by molar-refractivity contribution is 8.00. The maximum Gasteiger partial charge on any atom is 0.249 e. The zero-order valence-corrected chi connectivity index (χ0v) is 15.8. The van der Waals surface area contributed by atoms with Crippen LogP contribution in [0, 0.1) is 11.6 Å². The molecule has 1 amide bonds. The number of anilines is 2. The normalized spacial score (nSPS) is 12.7. The fourth-order valence-electron chi connectivity index (χ4n) is 1.98. The van der Waals surface area contributed by atoms with Crippen molar-refractivity contribution in [2.24, 2.45) is 0 Å². The quantitative estimate of drug-likeness (QED) is 0.583. The van der Waals surface area contributed by atoms with Gasteiger partial charge in [-0.25, -0.2) is 17.2 Å². The number of benzene rings is 1. The Labute approximate surface area is 151 Å². The third-order valence-electron chi connectivity index (χ3n) is 3.06. The second kappa shape index (κ2) is 7.62. The second-order valence-electron chi connectivity index (χ2n) is 4.90. The van der Waals surface area contributed by atoms with E-state index >= 15 is 0 Å². The molecule has 1 unspecified atom stereocenters. The van der Waals surface area contributed by atoms with Crippen LogP contribution in [0.25, 0.3) is 0 Å². The van der Waals surface area contributed by atoms with Gasteiger partial charge in [0, 0.05) is 6.07 Å². The molecule has 2 rings (SSSR count). The number of nitrogens with zero attached hydrogens (tertiary/aromatic N) is 3. The number of sulfonamides is 1. The first kappa shape index (κ1) is 19.5. The minimum Gasteiger partial charge on any atom is -0.299 e. The van der Waals surface area contributed by atoms with E-state index in [4.69, 9.17) is 0 Å². The summed E-state index contributed by atoms with van der Waals surface area (Å²) in [5.74, 6) is -3.01. The maximum absolute atomic E-state index is 13.5. The van der Waals surface area contributed by atoms with E-state index in [1.165, 1.54) is 18.7 Å². The predicted octanol–water partition coefficient (Wildman–Crippen LogP) is 2.33. The summed E-state index contributed by atoms with van der Waals surface area (Å²) >= 11 is 2.47. The number of halogens is 2. The highest BCUT2D eigenvalue weighted by Gasteiger charge is 2.30. The molecule has 0 aliphatic heterocycles. The molecule has 0 aliphatic rings. The number of amides is 1. The standard InChI is InChI=1S/C13H14F2N4O3S3/c1-7(11(20)16-12-17-18-13(23-2)24-12)19(25(3,21)22)8-4-5-9(14)10(15)6-8/h4-7H,1-3H3,(H,16,17,20). The number of rotatable bonds is 6. The van der Waals surface area contributed by atoms with Gasteiger partial charge in [-0.2, -0.15) is 0 Å². The van der Waals surface area contributed by atoms with Crippen molar-refractivity contribution >= 4 is 49.8 Å². The summed E-state index contributed by atoms with van der Waals surface area (Å²) in [4.78, 5) is 12.4. The Kier molecular flexibility index (Phi) is 5.95. The smallest absolute Gasteiger partial charge is 0.249 e. The van der Waals surface area contributed by atoms with Gasteiger partial charge in [0.2, 0.25) is 21.1 Å². The van der Waals surface area contributed by atoms with Crippen molar-refractivity contribution in [1.82, 2.24) is 10.2 Å². The predicted molar refractivity (Wildman–Crippen MR) is 93.5 cm³/mol. The number of carbonyl (C=O) groups excluding carboxylic acids is 1. The van der Waals surface area contributed by atoms with Crippen LogP contribution in [0.2, 0.25) is 0 Å². The van der Waals surface area contributed by atoms with Crippen LogP contribution in [0.1, 0.15) is 6.92 Å². The molecule has 7 nitrogen and oxygen atoms in total. The Morgan fingerprint density at radius 3 is 2.52 bits per heavy atom. The zero-order valence-electron chi connectivity index (χ0n) is 13.4. The lowest BCUT2D eigenvalue weighted by Gasteiger charge is -2.27. The van der Waals surface area contributed by atoms with Crippen molar-refractivity contribution in [3.05, 3.63) is 29.8 Å². The molecule has 1 atom stereocenters. The monoisotopic (exact) mass is 408 g/mol. The summed E-state index contributed by atoms with van der Waals surface area (Å²) in [6, 6.07) is 1.38. The van der Waals surface area contributed by atoms with Crippen molar-refractivity contribution in [3.63, 3.8) is 0 Å². The molecule has 12 heteroatoms. The van der Waals surface area contributed by atoms with Crippen LogP contribution in [0.3, 0.4) is 0 Å². The average molecular weight is 408 g/mol. The highest BCUT2D eigenvalue weighted by atomic mass is 32.2. The lowest BCUT2D eigenvalue weighted by Crippen LogP contribution is -2.45. The van der Waals surface area contributed by atoms with E-state index in [2.05, 4.69) is 15.5 Å². The molecule has 0 radical (unpaired) electrons. The minimum atomic E-state index is -3.94. The van der Waals surface area contributed by atoms with E-state index in [0.29, 0.717) is 8.64 Å². The molecule has 1 aromatic carbocycles. The van der Waals surface area contributed by atoms with E-state index in [1.807, 2.05) is 0 Å². The Morgan fingerprint density at radius 2 is 2.00 bits per heavy atom. The number of thioether (sulfide) groups is 1. The lowest BCUT2D eigenvalue weighted by atomic mass is 10.2. The van der Waals surface area contributed by atoms with Gasteiger partial charge in [-0.15, -0.1) is 10.2 Å². The van der Waals surface area contributed by atoms with Crippen LogP contribution in [0.5, 0.6) is 0 Å². The Morgan fingerprint density at radius 1 is 1.32 bits per heavy atom. The summed E-state index contributed by atoms with van der Waals surface area (Å²) in [7, 11) is -3.94. The van der Waals surface area contributed by atoms with E-state index in [-0.39, 0.29) is 10.8 Å². The van der Waals surface area contributed by atoms with Gasteiger partial charge >= 0.3 is 0 Å². The first-order valence-electron chi connectivity index (χ1n) is 6.76. The van der Waals surface area contributed by atoms with Gasteiger partial charge in [0.05, 0.1) is 11.9 Å². The van der Waals surface area contributed by atoms with E-state index < -0.39 is 33.6 Å². The maximum atomic E-state index is 13.5.